The molecule has 1 saturated carbocycles. The third kappa shape index (κ3) is 2.28. The Balaban J connectivity index is 1.72. The summed E-state index contributed by atoms with van der Waals surface area (Å²) in [6.07, 6.45) is 8.43. The van der Waals surface area contributed by atoms with Gasteiger partial charge in [-0.1, -0.05) is 0 Å². The lowest BCUT2D eigenvalue weighted by Gasteiger charge is -2.20. The van der Waals surface area contributed by atoms with Crippen molar-refractivity contribution in [1.29, 1.82) is 0 Å². The second-order valence-electron chi connectivity index (χ2n) is 4.93. The quantitative estimate of drug-likeness (QED) is 0.794. The molecule has 2 heterocycles. The van der Waals surface area contributed by atoms with E-state index >= 15 is 0 Å². The van der Waals surface area contributed by atoms with Crippen LogP contribution in [0, 0.1) is 0 Å². The second kappa shape index (κ2) is 4.91. The van der Waals surface area contributed by atoms with Gasteiger partial charge in [-0.15, -0.1) is 0 Å². The van der Waals surface area contributed by atoms with Gasteiger partial charge in [0.25, 0.3) is 0 Å². The van der Waals surface area contributed by atoms with Crippen LogP contribution < -0.4 is 0 Å². The SMILES string of the molecule is Cn1cccc1C(=O)O[C@@H]1CCC[C@H]1n1cccn1. The molecule has 0 spiro atoms. The van der Waals surface area contributed by atoms with Crippen LogP contribution in [0.5, 0.6) is 0 Å². The number of carbonyl (C=O) groups excluding carboxylic acids is 1. The average molecular weight is 259 g/mol. The van der Waals surface area contributed by atoms with Crippen LogP contribution in [0.2, 0.25) is 0 Å². The molecule has 0 unspecified atom stereocenters. The smallest absolute Gasteiger partial charge is 0.355 e. The first-order valence-corrected chi connectivity index (χ1v) is 6.57. The largest absolute Gasteiger partial charge is 0.455 e. The molecule has 0 radical (unpaired) electrons. The molecule has 100 valence electrons. The molecule has 0 N–H and O–H groups in total. The summed E-state index contributed by atoms with van der Waals surface area (Å²) in [7, 11) is 1.84. The molecule has 0 saturated heterocycles. The Kier molecular flexibility index (Phi) is 3.11. The lowest BCUT2D eigenvalue weighted by Crippen LogP contribution is -2.26. The third-order valence-corrected chi connectivity index (χ3v) is 3.69. The Hall–Kier alpha value is -2.04. The monoisotopic (exact) mass is 259 g/mol. The summed E-state index contributed by atoms with van der Waals surface area (Å²) in [6.45, 7) is 0. The van der Waals surface area contributed by atoms with Gasteiger partial charge < -0.3 is 9.30 Å². The Morgan fingerprint density at radius 3 is 2.95 bits per heavy atom. The van der Waals surface area contributed by atoms with Gasteiger partial charge in [-0.05, 0) is 37.5 Å². The topological polar surface area (TPSA) is 49.0 Å². The van der Waals surface area contributed by atoms with Crippen molar-refractivity contribution in [3.63, 3.8) is 0 Å². The van der Waals surface area contributed by atoms with Crippen molar-refractivity contribution in [1.82, 2.24) is 14.3 Å². The molecule has 1 fully saturated rings. The maximum absolute atomic E-state index is 12.1. The molecule has 1 aliphatic carbocycles. The van der Waals surface area contributed by atoms with E-state index in [4.69, 9.17) is 4.74 Å². The number of rotatable bonds is 3. The second-order valence-corrected chi connectivity index (χ2v) is 4.93. The highest BCUT2D eigenvalue weighted by Gasteiger charge is 2.32. The molecule has 0 bridgehead atoms. The number of aryl methyl sites for hydroxylation is 1. The van der Waals surface area contributed by atoms with Crippen LogP contribution in [-0.2, 0) is 11.8 Å². The Morgan fingerprint density at radius 2 is 2.26 bits per heavy atom. The lowest BCUT2D eigenvalue weighted by molar-refractivity contribution is 0.0199. The Morgan fingerprint density at radius 1 is 1.37 bits per heavy atom. The molecule has 2 atom stereocenters. The van der Waals surface area contributed by atoms with Crippen molar-refractivity contribution < 1.29 is 9.53 Å². The number of ether oxygens (including phenoxy) is 1. The predicted molar refractivity (Wildman–Crippen MR) is 69.7 cm³/mol. The number of aromatic nitrogens is 3. The zero-order valence-corrected chi connectivity index (χ0v) is 10.9. The van der Waals surface area contributed by atoms with Crippen molar-refractivity contribution >= 4 is 5.97 Å². The van der Waals surface area contributed by atoms with Crippen LogP contribution in [-0.4, -0.2) is 26.4 Å². The highest BCUT2D eigenvalue weighted by atomic mass is 16.5. The molecule has 3 rings (SSSR count). The molecular formula is C14H17N3O2. The maximum Gasteiger partial charge on any atom is 0.355 e. The summed E-state index contributed by atoms with van der Waals surface area (Å²) in [5.41, 5.74) is 0.589. The molecule has 5 heteroatoms. The summed E-state index contributed by atoms with van der Waals surface area (Å²) in [4.78, 5) is 12.1. The van der Waals surface area contributed by atoms with E-state index in [0.29, 0.717) is 5.69 Å². The zero-order chi connectivity index (χ0) is 13.2. The summed E-state index contributed by atoms with van der Waals surface area (Å²) in [6, 6.07) is 5.68. The van der Waals surface area contributed by atoms with Crippen LogP contribution in [0.4, 0.5) is 0 Å². The molecule has 5 nitrogen and oxygen atoms in total. The van der Waals surface area contributed by atoms with Gasteiger partial charge in [0, 0.05) is 25.6 Å². The van der Waals surface area contributed by atoms with E-state index in [2.05, 4.69) is 5.10 Å². The van der Waals surface area contributed by atoms with Gasteiger partial charge in [0.15, 0.2) is 0 Å². The summed E-state index contributed by atoms with van der Waals surface area (Å²) in [5, 5.41) is 4.26. The van der Waals surface area contributed by atoms with Gasteiger partial charge in [-0.25, -0.2) is 4.79 Å². The van der Waals surface area contributed by atoms with Crippen LogP contribution >= 0.6 is 0 Å². The minimum absolute atomic E-state index is 0.0812. The van der Waals surface area contributed by atoms with E-state index in [-0.39, 0.29) is 18.1 Å². The van der Waals surface area contributed by atoms with Crippen molar-refractivity contribution in [2.45, 2.75) is 31.4 Å². The first kappa shape index (κ1) is 12.0. The highest BCUT2D eigenvalue weighted by Crippen LogP contribution is 2.32. The predicted octanol–water partition coefficient (Wildman–Crippen LogP) is 2.17. The van der Waals surface area contributed by atoms with Crippen LogP contribution in [0.3, 0.4) is 0 Å². The van der Waals surface area contributed by atoms with Crippen LogP contribution in [0.25, 0.3) is 0 Å². The molecular weight excluding hydrogens is 242 g/mol. The van der Waals surface area contributed by atoms with Gasteiger partial charge in [0.05, 0.1) is 6.04 Å². The minimum Gasteiger partial charge on any atom is -0.455 e. The zero-order valence-electron chi connectivity index (χ0n) is 10.9. The number of esters is 1. The van der Waals surface area contributed by atoms with E-state index in [1.54, 1.807) is 16.8 Å². The fourth-order valence-corrected chi connectivity index (χ4v) is 2.69. The molecule has 0 amide bonds. The third-order valence-electron chi connectivity index (χ3n) is 3.69. The number of nitrogens with zero attached hydrogens (tertiary/aromatic N) is 3. The van der Waals surface area contributed by atoms with Gasteiger partial charge in [-0.2, -0.15) is 5.10 Å². The Labute approximate surface area is 111 Å². The first-order chi connectivity index (χ1) is 9.25. The van der Waals surface area contributed by atoms with Crippen molar-refractivity contribution in [2.24, 2.45) is 7.05 Å². The van der Waals surface area contributed by atoms with Gasteiger partial charge in [0.1, 0.15) is 11.8 Å². The number of carbonyl (C=O) groups is 1. The lowest BCUT2D eigenvalue weighted by atomic mass is 10.2. The maximum atomic E-state index is 12.1. The molecule has 0 aliphatic heterocycles. The van der Waals surface area contributed by atoms with Crippen LogP contribution in [0.15, 0.2) is 36.8 Å². The molecule has 1 aliphatic rings. The summed E-state index contributed by atoms with van der Waals surface area (Å²) in [5.74, 6) is -0.253. The van der Waals surface area contributed by atoms with E-state index < -0.39 is 0 Å². The number of hydrogen-bond donors (Lipinski definition) is 0. The standard InChI is InChI=1S/C14H17N3O2/c1-16-9-3-6-12(16)14(18)19-13-7-2-5-11(13)17-10-4-8-15-17/h3-4,6,8-11,13H,2,5,7H2,1H3/t11-,13-/m1/s1. The Bertz CT molecular complexity index is 559. The fourth-order valence-electron chi connectivity index (χ4n) is 2.69. The summed E-state index contributed by atoms with van der Waals surface area (Å²) >= 11 is 0. The normalized spacial score (nSPS) is 22.6. The van der Waals surface area contributed by atoms with E-state index in [1.165, 1.54) is 0 Å². The van der Waals surface area contributed by atoms with E-state index in [0.717, 1.165) is 19.3 Å². The van der Waals surface area contributed by atoms with Crippen LogP contribution in [0.1, 0.15) is 35.8 Å². The molecule has 19 heavy (non-hydrogen) atoms. The highest BCUT2D eigenvalue weighted by molar-refractivity contribution is 5.87. The molecule has 2 aromatic heterocycles. The first-order valence-electron chi connectivity index (χ1n) is 6.57. The van der Waals surface area contributed by atoms with Gasteiger partial charge in [-0.3, -0.25) is 4.68 Å². The van der Waals surface area contributed by atoms with Crippen molar-refractivity contribution in [2.75, 3.05) is 0 Å². The van der Waals surface area contributed by atoms with E-state index in [1.807, 2.05) is 36.3 Å². The van der Waals surface area contributed by atoms with Gasteiger partial charge >= 0.3 is 5.97 Å². The van der Waals surface area contributed by atoms with Crippen molar-refractivity contribution in [3.8, 4) is 0 Å². The molecule has 0 aromatic carbocycles. The summed E-state index contributed by atoms with van der Waals surface area (Å²) < 4.78 is 9.33. The fraction of sp³-hybridized carbons (Fsp3) is 0.429. The molecule has 2 aromatic rings. The van der Waals surface area contributed by atoms with Crippen molar-refractivity contribution in [3.05, 3.63) is 42.5 Å². The van der Waals surface area contributed by atoms with Gasteiger partial charge in [0.2, 0.25) is 0 Å². The average Bonchev–Trinajstić information content (AvgIpc) is 3.07. The number of hydrogen-bond acceptors (Lipinski definition) is 3. The minimum atomic E-state index is -0.253. The van der Waals surface area contributed by atoms with E-state index in [9.17, 15) is 4.79 Å².